The highest BCUT2D eigenvalue weighted by Gasteiger charge is 2.27. The molecule has 1 aliphatic heterocycles. The van der Waals surface area contributed by atoms with Crippen LogP contribution in [-0.4, -0.2) is 31.1 Å². The van der Waals surface area contributed by atoms with E-state index >= 15 is 0 Å². The van der Waals surface area contributed by atoms with Crippen molar-refractivity contribution in [3.63, 3.8) is 0 Å². The fourth-order valence-corrected chi connectivity index (χ4v) is 2.57. The first-order chi connectivity index (χ1) is 9.09. The number of nitrogens with zero attached hydrogens (tertiary/aromatic N) is 1. The quantitative estimate of drug-likeness (QED) is 0.843. The topological polar surface area (TPSA) is 15.3 Å². The van der Waals surface area contributed by atoms with E-state index in [0.717, 1.165) is 31.8 Å². The number of benzene rings is 1. The van der Waals surface area contributed by atoms with E-state index in [1.807, 2.05) is 6.92 Å². The molecule has 1 aliphatic rings. The van der Waals surface area contributed by atoms with E-state index in [1.165, 1.54) is 18.2 Å². The fraction of sp³-hybridized carbons (Fsp3) is 0.467. The fourth-order valence-electron chi connectivity index (χ4n) is 2.57. The van der Waals surface area contributed by atoms with Gasteiger partial charge in [0.15, 0.2) is 0 Å². The molecule has 0 bridgehead atoms. The van der Waals surface area contributed by atoms with Crippen LogP contribution in [0.2, 0.25) is 0 Å². The summed E-state index contributed by atoms with van der Waals surface area (Å²) in [7, 11) is 0. The second-order valence-corrected chi connectivity index (χ2v) is 5.10. The first-order valence-electron chi connectivity index (χ1n) is 6.62. The van der Waals surface area contributed by atoms with Crippen LogP contribution in [0.5, 0.6) is 0 Å². The maximum atomic E-state index is 14.0. The van der Waals surface area contributed by atoms with E-state index in [1.54, 1.807) is 0 Å². The van der Waals surface area contributed by atoms with Crippen molar-refractivity contribution in [2.75, 3.05) is 26.2 Å². The number of piperazine rings is 1. The minimum Gasteiger partial charge on any atom is -0.314 e. The van der Waals surface area contributed by atoms with E-state index in [0.29, 0.717) is 6.42 Å². The van der Waals surface area contributed by atoms with Crippen LogP contribution in [0.15, 0.2) is 30.4 Å². The molecule has 1 heterocycles. The van der Waals surface area contributed by atoms with Crippen LogP contribution in [0.25, 0.3) is 0 Å². The van der Waals surface area contributed by atoms with Crippen molar-refractivity contribution in [3.05, 3.63) is 47.5 Å². The van der Waals surface area contributed by atoms with Crippen LogP contribution < -0.4 is 5.32 Å². The summed E-state index contributed by atoms with van der Waals surface area (Å²) in [5.74, 6) is -0.936. The molecule has 0 aliphatic carbocycles. The van der Waals surface area contributed by atoms with Gasteiger partial charge < -0.3 is 5.32 Å². The molecule has 0 amide bonds. The van der Waals surface area contributed by atoms with Gasteiger partial charge in [-0.3, -0.25) is 4.90 Å². The van der Waals surface area contributed by atoms with E-state index < -0.39 is 11.6 Å². The van der Waals surface area contributed by atoms with Gasteiger partial charge in [0.1, 0.15) is 11.6 Å². The summed E-state index contributed by atoms with van der Waals surface area (Å²) in [5.41, 5.74) is 1.11. The van der Waals surface area contributed by atoms with Crippen LogP contribution in [0.1, 0.15) is 24.9 Å². The van der Waals surface area contributed by atoms with Gasteiger partial charge in [0.25, 0.3) is 0 Å². The third kappa shape index (κ3) is 3.39. The molecule has 1 atom stereocenters. The Hall–Kier alpha value is -1.26. The Bertz CT molecular complexity index is 433. The van der Waals surface area contributed by atoms with Crippen molar-refractivity contribution in [1.29, 1.82) is 0 Å². The van der Waals surface area contributed by atoms with E-state index in [2.05, 4.69) is 16.8 Å². The van der Waals surface area contributed by atoms with Crippen molar-refractivity contribution >= 4 is 0 Å². The summed E-state index contributed by atoms with van der Waals surface area (Å²) in [5, 5.41) is 3.25. The van der Waals surface area contributed by atoms with Crippen molar-refractivity contribution in [2.45, 2.75) is 19.4 Å². The van der Waals surface area contributed by atoms with Gasteiger partial charge in [-0.2, -0.15) is 0 Å². The van der Waals surface area contributed by atoms with Crippen LogP contribution >= 0.6 is 0 Å². The molecule has 1 fully saturated rings. The molecule has 1 N–H and O–H groups in total. The Labute approximate surface area is 113 Å². The lowest BCUT2D eigenvalue weighted by Gasteiger charge is -2.35. The lowest BCUT2D eigenvalue weighted by atomic mass is 9.97. The van der Waals surface area contributed by atoms with Gasteiger partial charge in [-0.05, 0) is 25.5 Å². The first-order valence-corrected chi connectivity index (χ1v) is 6.62. The standard InChI is InChI=1S/C15H20F2N2/c1-11(2)10-14(19-8-6-18-7-9-19)15-12(16)4-3-5-13(15)17/h3-5,14,18H,1,6-10H2,2H3/t14-/m1/s1. The number of halogens is 2. The van der Waals surface area contributed by atoms with Gasteiger partial charge in [-0.1, -0.05) is 11.6 Å². The Morgan fingerprint density at radius 2 is 1.89 bits per heavy atom. The third-order valence-electron chi connectivity index (χ3n) is 3.47. The third-order valence-corrected chi connectivity index (χ3v) is 3.47. The average Bonchev–Trinajstić information content (AvgIpc) is 2.38. The maximum Gasteiger partial charge on any atom is 0.130 e. The predicted octanol–water partition coefficient (Wildman–Crippen LogP) is 2.88. The van der Waals surface area contributed by atoms with E-state index in [-0.39, 0.29) is 11.6 Å². The second-order valence-electron chi connectivity index (χ2n) is 5.10. The maximum absolute atomic E-state index is 14.0. The minimum atomic E-state index is -0.468. The zero-order chi connectivity index (χ0) is 13.8. The molecule has 104 valence electrons. The molecule has 0 spiro atoms. The summed E-state index contributed by atoms with van der Waals surface area (Å²) < 4.78 is 28.0. The molecule has 1 aromatic rings. The van der Waals surface area contributed by atoms with E-state index in [4.69, 9.17) is 0 Å². The molecule has 1 aromatic carbocycles. The molecule has 0 aromatic heterocycles. The van der Waals surface area contributed by atoms with Gasteiger partial charge in [-0.25, -0.2) is 8.78 Å². The molecular formula is C15H20F2N2. The first kappa shape index (κ1) is 14.2. The number of hydrogen-bond donors (Lipinski definition) is 1. The molecular weight excluding hydrogens is 246 g/mol. The Morgan fingerprint density at radius 1 is 1.32 bits per heavy atom. The summed E-state index contributed by atoms with van der Waals surface area (Å²) in [6.45, 7) is 9.08. The lowest BCUT2D eigenvalue weighted by Crippen LogP contribution is -2.45. The molecule has 2 nitrogen and oxygen atoms in total. The van der Waals surface area contributed by atoms with Crippen LogP contribution in [0, 0.1) is 11.6 Å². The van der Waals surface area contributed by atoms with Crippen molar-refractivity contribution in [2.24, 2.45) is 0 Å². The summed E-state index contributed by atoms with van der Waals surface area (Å²) >= 11 is 0. The van der Waals surface area contributed by atoms with Crippen LogP contribution in [0.3, 0.4) is 0 Å². The smallest absolute Gasteiger partial charge is 0.130 e. The molecule has 19 heavy (non-hydrogen) atoms. The van der Waals surface area contributed by atoms with Gasteiger partial charge in [0, 0.05) is 37.8 Å². The van der Waals surface area contributed by atoms with Crippen LogP contribution in [0.4, 0.5) is 8.78 Å². The largest absolute Gasteiger partial charge is 0.314 e. The number of hydrogen-bond acceptors (Lipinski definition) is 2. The molecule has 4 heteroatoms. The van der Waals surface area contributed by atoms with Crippen molar-refractivity contribution < 1.29 is 8.78 Å². The molecule has 0 saturated carbocycles. The lowest BCUT2D eigenvalue weighted by molar-refractivity contribution is 0.166. The monoisotopic (exact) mass is 266 g/mol. The molecule has 2 rings (SSSR count). The highest BCUT2D eigenvalue weighted by molar-refractivity contribution is 5.25. The van der Waals surface area contributed by atoms with Gasteiger partial charge in [-0.15, -0.1) is 6.58 Å². The summed E-state index contributed by atoms with van der Waals surface area (Å²) in [6.07, 6.45) is 0.581. The number of rotatable bonds is 4. The molecule has 0 unspecified atom stereocenters. The SMILES string of the molecule is C=C(C)C[C@H](c1c(F)cccc1F)N1CCNCC1. The Balaban J connectivity index is 2.33. The zero-order valence-corrected chi connectivity index (χ0v) is 11.3. The Kier molecular flexibility index (Phi) is 4.66. The summed E-state index contributed by atoms with van der Waals surface area (Å²) in [4.78, 5) is 2.13. The van der Waals surface area contributed by atoms with Gasteiger partial charge >= 0.3 is 0 Å². The zero-order valence-electron chi connectivity index (χ0n) is 11.3. The predicted molar refractivity (Wildman–Crippen MR) is 73.0 cm³/mol. The molecule has 0 radical (unpaired) electrons. The van der Waals surface area contributed by atoms with Crippen molar-refractivity contribution in [1.82, 2.24) is 10.2 Å². The normalized spacial score (nSPS) is 18.3. The second kappa shape index (κ2) is 6.26. The minimum absolute atomic E-state index is 0.174. The van der Waals surface area contributed by atoms with Crippen molar-refractivity contribution in [3.8, 4) is 0 Å². The molecule has 1 saturated heterocycles. The van der Waals surface area contributed by atoms with E-state index in [9.17, 15) is 8.78 Å². The van der Waals surface area contributed by atoms with Gasteiger partial charge in [0.2, 0.25) is 0 Å². The highest BCUT2D eigenvalue weighted by Crippen LogP contribution is 2.31. The summed E-state index contributed by atoms with van der Waals surface area (Å²) in [6, 6.07) is 3.79. The highest BCUT2D eigenvalue weighted by atomic mass is 19.1. The van der Waals surface area contributed by atoms with Gasteiger partial charge in [0.05, 0.1) is 0 Å². The average molecular weight is 266 g/mol. The number of nitrogens with one attached hydrogen (secondary N) is 1. The Morgan fingerprint density at radius 3 is 2.42 bits per heavy atom. The van der Waals surface area contributed by atoms with Crippen LogP contribution in [-0.2, 0) is 0 Å².